The molecule has 1 aromatic rings. The van der Waals surface area contributed by atoms with E-state index in [1.54, 1.807) is 6.20 Å². The van der Waals surface area contributed by atoms with Crippen molar-refractivity contribution in [2.24, 2.45) is 5.92 Å². The Morgan fingerprint density at radius 1 is 1.71 bits per heavy atom. The lowest BCUT2D eigenvalue weighted by Crippen LogP contribution is -2.29. The molecule has 0 radical (unpaired) electrons. The molecule has 2 rings (SSSR count). The Hall–Kier alpha value is -0.900. The fraction of sp³-hybridized carbons (Fsp3) is 0.600. The molecule has 1 aliphatic carbocycles. The van der Waals surface area contributed by atoms with Gasteiger partial charge in [-0.1, -0.05) is 17.8 Å². The Morgan fingerprint density at radius 2 is 2.50 bits per heavy atom. The molecule has 0 atom stereocenters. The minimum atomic E-state index is 0.709. The maximum Gasteiger partial charge on any atom is 0.185 e. The van der Waals surface area contributed by atoms with Crippen molar-refractivity contribution in [1.29, 1.82) is 0 Å². The summed E-state index contributed by atoms with van der Waals surface area (Å²) in [6.07, 6.45) is 6.56. The van der Waals surface area contributed by atoms with E-state index in [1.165, 1.54) is 30.6 Å². The van der Waals surface area contributed by atoms with Gasteiger partial charge in [0, 0.05) is 13.6 Å². The summed E-state index contributed by atoms with van der Waals surface area (Å²) in [6, 6.07) is 0. The summed E-state index contributed by atoms with van der Waals surface area (Å²) in [5, 5.41) is 0.957. The number of rotatable bonds is 4. The fourth-order valence-electron chi connectivity index (χ4n) is 1.65. The van der Waals surface area contributed by atoms with E-state index in [9.17, 15) is 4.79 Å². The van der Waals surface area contributed by atoms with Crippen molar-refractivity contribution in [3.8, 4) is 0 Å². The first-order valence-electron chi connectivity index (χ1n) is 4.91. The highest BCUT2D eigenvalue weighted by Crippen LogP contribution is 2.29. The first kappa shape index (κ1) is 9.65. The van der Waals surface area contributed by atoms with Crippen LogP contribution in [-0.2, 0) is 0 Å². The number of anilines is 1. The van der Waals surface area contributed by atoms with Gasteiger partial charge in [-0.15, -0.1) is 0 Å². The monoisotopic (exact) mass is 210 g/mol. The van der Waals surface area contributed by atoms with Crippen molar-refractivity contribution in [2.75, 3.05) is 18.5 Å². The van der Waals surface area contributed by atoms with Gasteiger partial charge in [0.05, 0.1) is 11.1 Å². The van der Waals surface area contributed by atoms with Gasteiger partial charge >= 0.3 is 0 Å². The number of aromatic nitrogens is 1. The van der Waals surface area contributed by atoms with E-state index in [-0.39, 0.29) is 0 Å². The highest BCUT2D eigenvalue weighted by molar-refractivity contribution is 7.17. The highest BCUT2D eigenvalue weighted by atomic mass is 32.1. The molecule has 0 unspecified atom stereocenters. The van der Waals surface area contributed by atoms with Gasteiger partial charge in [-0.2, -0.15) is 0 Å². The van der Waals surface area contributed by atoms with Crippen LogP contribution in [0.15, 0.2) is 6.20 Å². The zero-order valence-electron chi connectivity index (χ0n) is 8.27. The lowest BCUT2D eigenvalue weighted by molar-refractivity contribution is 0.112. The van der Waals surface area contributed by atoms with Crippen LogP contribution in [0, 0.1) is 5.92 Å². The van der Waals surface area contributed by atoms with Crippen molar-refractivity contribution in [1.82, 2.24) is 4.98 Å². The topological polar surface area (TPSA) is 33.2 Å². The second kappa shape index (κ2) is 4.09. The Balaban J connectivity index is 1.95. The second-order valence-corrected chi connectivity index (χ2v) is 4.88. The summed E-state index contributed by atoms with van der Waals surface area (Å²) in [5.41, 5.74) is 0. The van der Waals surface area contributed by atoms with E-state index >= 15 is 0 Å². The Kier molecular flexibility index (Phi) is 2.82. The Bertz CT molecular complexity index is 320. The molecule has 0 spiro atoms. The third-order valence-electron chi connectivity index (χ3n) is 2.71. The molecule has 0 aliphatic heterocycles. The molecule has 1 saturated carbocycles. The van der Waals surface area contributed by atoms with Crippen LogP contribution >= 0.6 is 11.3 Å². The van der Waals surface area contributed by atoms with Crippen LogP contribution in [-0.4, -0.2) is 24.9 Å². The van der Waals surface area contributed by atoms with Gasteiger partial charge in [-0.3, -0.25) is 4.79 Å². The van der Waals surface area contributed by atoms with Crippen LogP contribution in [0.1, 0.15) is 28.9 Å². The van der Waals surface area contributed by atoms with Crippen molar-refractivity contribution in [3.63, 3.8) is 0 Å². The summed E-state index contributed by atoms with van der Waals surface area (Å²) in [5.74, 6) is 0.837. The summed E-state index contributed by atoms with van der Waals surface area (Å²) < 4.78 is 0. The fourth-order valence-corrected chi connectivity index (χ4v) is 2.35. The van der Waals surface area contributed by atoms with E-state index < -0.39 is 0 Å². The highest BCUT2D eigenvalue weighted by Gasteiger charge is 2.20. The van der Waals surface area contributed by atoms with Crippen LogP contribution in [0.5, 0.6) is 0 Å². The van der Waals surface area contributed by atoms with E-state index in [4.69, 9.17) is 0 Å². The molecule has 76 valence electrons. The van der Waals surface area contributed by atoms with Gasteiger partial charge in [-0.05, 0) is 18.8 Å². The quantitative estimate of drug-likeness (QED) is 0.714. The Labute approximate surface area is 87.8 Å². The van der Waals surface area contributed by atoms with Gasteiger partial charge in [0.25, 0.3) is 0 Å². The molecule has 0 bridgehead atoms. The molecule has 1 aromatic heterocycles. The maximum absolute atomic E-state index is 10.5. The van der Waals surface area contributed by atoms with E-state index in [2.05, 4.69) is 9.88 Å². The van der Waals surface area contributed by atoms with Gasteiger partial charge in [0.15, 0.2) is 11.4 Å². The van der Waals surface area contributed by atoms with Crippen molar-refractivity contribution in [2.45, 2.75) is 19.3 Å². The second-order valence-electron chi connectivity index (χ2n) is 3.84. The number of thiazole rings is 1. The van der Waals surface area contributed by atoms with Crippen molar-refractivity contribution >= 4 is 22.8 Å². The summed E-state index contributed by atoms with van der Waals surface area (Å²) in [7, 11) is 2.05. The lowest BCUT2D eigenvalue weighted by atomic mass is 9.85. The van der Waals surface area contributed by atoms with Crippen molar-refractivity contribution < 1.29 is 4.79 Å². The number of hydrogen-bond donors (Lipinski definition) is 0. The predicted molar refractivity (Wildman–Crippen MR) is 58.1 cm³/mol. The molecule has 1 aliphatic rings. The Morgan fingerprint density at radius 3 is 3.00 bits per heavy atom. The van der Waals surface area contributed by atoms with Gasteiger partial charge in [-0.25, -0.2) is 4.98 Å². The molecular weight excluding hydrogens is 196 g/mol. The average molecular weight is 210 g/mol. The molecule has 0 amide bonds. The zero-order valence-corrected chi connectivity index (χ0v) is 9.09. The SMILES string of the molecule is CN(CC1CCC1)c1ncc(C=O)s1. The van der Waals surface area contributed by atoms with Crippen LogP contribution in [0.3, 0.4) is 0 Å². The van der Waals surface area contributed by atoms with Gasteiger partial charge in [0.1, 0.15) is 0 Å². The van der Waals surface area contributed by atoms with Crippen LogP contribution < -0.4 is 4.90 Å². The molecule has 4 heteroatoms. The molecule has 0 N–H and O–H groups in total. The predicted octanol–water partition coefficient (Wildman–Crippen LogP) is 2.19. The third kappa shape index (κ3) is 1.95. The van der Waals surface area contributed by atoms with Gasteiger partial charge < -0.3 is 4.90 Å². The summed E-state index contributed by atoms with van der Waals surface area (Å²) in [6.45, 7) is 1.08. The van der Waals surface area contributed by atoms with E-state index in [1.807, 2.05) is 7.05 Å². The minimum absolute atomic E-state index is 0.709. The maximum atomic E-state index is 10.5. The molecule has 3 nitrogen and oxygen atoms in total. The first-order valence-corrected chi connectivity index (χ1v) is 5.73. The molecule has 0 aromatic carbocycles. The number of carbonyl (C=O) groups excluding carboxylic acids is 1. The molecule has 0 saturated heterocycles. The van der Waals surface area contributed by atoms with Crippen LogP contribution in [0.2, 0.25) is 0 Å². The number of carbonyl (C=O) groups is 1. The van der Waals surface area contributed by atoms with Crippen molar-refractivity contribution in [3.05, 3.63) is 11.1 Å². The van der Waals surface area contributed by atoms with Crippen LogP contribution in [0.4, 0.5) is 5.13 Å². The largest absolute Gasteiger partial charge is 0.351 e. The average Bonchev–Trinajstić information content (AvgIpc) is 2.59. The van der Waals surface area contributed by atoms with E-state index in [0.717, 1.165) is 23.9 Å². The number of nitrogens with zero attached hydrogens (tertiary/aromatic N) is 2. The molecule has 14 heavy (non-hydrogen) atoms. The normalized spacial score (nSPS) is 16.4. The lowest BCUT2D eigenvalue weighted by Gasteiger charge is -2.29. The third-order valence-corrected chi connectivity index (χ3v) is 3.75. The molecular formula is C10H14N2OS. The smallest absolute Gasteiger partial charge is 0.185 e. The number of hydrogen-bond acceptors (Lipinski definition) is 4. The molecule has 1 heterocycles. The zero-order chi connectivity index (χ0) is 9.97. The summed E-state index contributed by atoms with van der Waals surface area (Å²) >= 11 is 1.46. The standard InChI is InChI=1S/C10H14N2OS/c1-12(6-8-3-2-4-8)10-11-5-9(7-13)14-10/h5,7-8H,2-4,6H2,1H3. The van der Waals surface area contributed by atoms with E-state index in [0.29, 0.717) is 4.88 Å². The number of aldehydes is 1. The van der Waals surface area contributed by atoms with Crippen LogP contribution in [0.25, 0.3) is 0 Å². The molecule has 1 fully saturated rings. The van der Waals surface area contributed by atoms with Gasteiger partial charge in [0.2, 0.25) is 0 Å². The minimum Gasteiger partial charge on any atom is -0.351 e. The first-order chi connectivity index (χ1) is 6.79. The summed E-state index contributed by atoms with van der Waals surface area (Å²) in [4.78, 5) is 17.6.